The van der Waals surface area contributed by atoms with Crippen LogP contribution in [0.15, 0.2) is 66.0 Å². The predicted octanol–water partition coefficient (Wildman–Crippen LogP) is 4.12. The molecule has 1 aromatic heterocycles. The first-order chi connectivity index (χ1) is 14.0. The van der Waals surface area contributed by atoms with Gasteiger partial charge in [-0.1, -0.05) is 37.3 Å². The van der Waals surface area contributed by atoms with E-state index < -0.39 is 11.9 Å². The molecule has 4 N–H and O–H groups in total. The molecule has 2 aromatic carbocycles. The van der Waals surface area contributed by atoms with Crippen molar-refractivity contribution in [3.63, 3.8) is 0 Å². The third-order valence-electron chi connectivity index (χ3n) is 4.80. The minimum atomic E-state index is -0.495. The Morgan fingerprint density at radius 3 is 2.28 bits per heavy atom. The lowest BCUT2D eigenvalue weighted by Crippen LogP contribution is -2.40. The summed E-state index contributed by atoms with van der Waals surface area (Å²) in [5.74, 6) is -0.644. The second kappa shape index (κ2) is 9.49. The zero-order chi connectivity index (χ0) is 20.8. The summed E-state index contributed by atoms with van der Waals surface area (Å²) in [4.78, 5) is 25.0. The molecule has 2 amide bonds. The van der Waals surface area contributed by atoms with Crippen LogP contribution in [-0.2, 0) is 11.2 Å². The number of anilines is 1. The van der Waals surface area contributed by atoms with Crippen LogP contribution in [-0.4, -0.2) is 17.9 Å². The predicted molar refractivity (Wildman–Crippen MR) is 118 cm³/mol. The Balaban J connectivity index is 1.72. The highest BCUT2D eigenvalue weighted by Crippen LogP contribution is 2.27. The number of primary amides is 1. The summed E-state index contributed by atoms with van der Waals surface area (Å²) < 4.78 is 0. The van der Waals surface area contributed by atoms with Gasteiger partial charge in [0.15, 0.2) is 0 Å². The quantitative estimate of drug-likeness (QED) is 0.525. The first-order valence-corrected chi connectivity index (χ1v) is 10.4. The van der Waals surface area contributed by atoms with Crippen LogP contribution in [0, 0.1) is 0 Å². The number of hydrogen-bond donors (Lipinski definition) is 3. The molecule has 0 aliphatic carbocycles. The summed E-state index contributed by atoms with van der Waals surface area (Å²) in [6.45, 7) is 3.97. The number of hydrogen-bond acceptors (Lipinski definition) is 4. The lowest BCUT2D eigenvalue weighted by molar-refractivity contribution is -0.117. The maximum Gasteiger partial charge on any atom is 0.248 e. The van der Waals surface area contributed by atoms with Crippen molar-refractivity contribution in [1.82, 2.24) is 5.32 Å². The average Bonchev–Trinajstić information content (AvgIpc) is 3.27. The van der Waals surface area contributed by atoms with Gasteiger partial charge in [0.1, 0.15) is 0 Å². The highest BCUT2D eigenvalue weighted by Gasteiger charge is 2.21. The lowest BCUT2D eigenvalue weighted by Gasteiger charge is -2.23. The van der Waals surface area contributed by atoms with E-state index in [-0.39, 0.29) is 11.9 Å². The molecule has 6 heteroatoms. The molecule has 0 saturated heterocycles. The topological polar surface area (TPSA) is 84.2 Å². The zero-order valence-electron chi connectivity index (χ0n) is 16.5. The molecular weight excluding hydrogens is 382 g/mol. The number of rotatable bonds is 8. The Morgan fingerprint density at radius 1 is 1.03 bits per heavy atom. The summed E-state index contributed by atoms with van der Waals surface area (Å²) in [7, 11) is 0. The van der Waals surface area contributed by atoms with Crippen LogP contribution < -0.4 is 16.4 Å². The summed E-state index contributed by atoms with van der Waals surface area (Å²) in [5.41, 5.74) is 8.68. The zero-order valence-corrected chi connectivity index (χ0v) is 17.3. The number of thiophene rings is 1. The molecule has 0 radical (unpaired) electrons. The molecule has 0 fully saturated rings. The van der Waals surface area contributed by atoms with Crippen molar-refractivity contribution in [3.8, 4) is 0 Å². The Morgan fingerprint density at radius 2 is 1.72 bits per heavy atom. The maximum atomic E-state index is 12.7. The molecule has 0 saturated carbocycles. The first-order valence-electron chi connectivity index (χ1n) is 9.57. The Labute approximate surface area is 175 Å². The smallest absolute Gasteiger partial charge is 0.248 e. The number of nitrogens with one attached hydrogen (secondary N) is 2. The van der Waals surface area contributed by atoms with E-state index in [1.54, 1.807) is 35.6 Å². The fraction of sp³-hybridized carbons (Fsp3) is 0.217. The molecule has 0 spiro atoms. The van der Waals surface area contributed by atoms with E-state index in [0.29, 0.717) is 11.3 Å². The molecule has 29 heavy (non-hydrogen) atoms. The molecule has 5 nitrogen and oxygen atoms in total. The first kappa shape index (κ1) is 20.8. The molecule has 0 unspecified atom stereocenters. The monoisotopic (exact) mass is 407 g/mol. The van der Waals surface area contributed by atoms with Gasteiger partial charge in [-0.3, -0.25) is 14.9 Å². The van der Waals surface area contributed by atoms with Gasteiger partial charge >= 0.3 is 0 Å². The highest BCUT2D eigenvalue weighted by atomic mass is 32.1. The van der Waals surface area contributed by atoms with Gasteiger partial charge in [-0.15, -0.1) is 11.3 Å². The van der Waals surface area contributed by atoms with Crippen LogP contribution in [0.25, 0.3) is 0 Å². The van der Waals surface area contributed by atoms with Crippen molar-refractivity contribution in [2.75, 3.05) is 5.32 Å². The standard InChI is InChI=1S/C23H25N3O2S/c1-3-16-6-8-17(9-7-16)21(20-5-4-14-29-20)25-15(2)23(28)26-19-12-10-18(11-13-19)22(24)27/h4-15,21,25H,3H2,1-2H3,(H2,24,27)(H,26,28)/t15-,21-/m0/s1. The number of benzene rings is 2. The van der Waals surface area contributed by atoms with Gasteiger partial charge in [0.25, 0.3) is 0 Å². The number of amides is 2. The number of carbonyl (C=O) groups is 2. The molecule has 3 aromatic rings. The molecule has 0 aliphatic rings. The van der Waals surface area contributed by atoms with E-state index in [2.05, 4.69) is 47.9 Å². The van der Waals surface area contributed by atoms with Gasteiger partial charge in [0, 0.05) is 16.1 Å². The van der Waals surface area contributed by atoms with E-state index in [0.717, 1.165) is 16.9 Å². The second-order valence-electron chi connectivity index (χ2n) is 6.86. The Hall–Kier alpha value is -2.96. The normalized spacial score (nSPS) is 12.9. The van der Waals surface area contributed by atoms with Crippen molar-refractivity contribution in [1.29, 1.82) is 0 Å². The van der Waals surface area contributed by atoms with E-state index in [9.17, 15) is 9.59 Å². The molecule has 0 aliphatic heterocycles. The van der Waals surface area contributed by atoms with Gasteiger partial charge in [-0.05, 0) is 60.2 Å². The van der Waals surface area contributed by atoms with Crippen LogP contribution >= 0.6 is 11.3 Å². The van der Waals surface area contributed by atoms with Crippen molar-refractivity contribution in [3.05, 3.63) is 87.6 Å². The summed E-state index contributed by atoms with van der Waals surface area (Å²) in [5, 5.41) is 8.36. The van der Waals surface area contributed by atoms with E-state index in [1.165, 1.54) is 5.56 Å². The van der Waals surface area contributed by atoms with E-state index in [1.807, 2.05) is 18.4 Å². The molecule has 2 atom stereocenters. The molecular formula is C23H25N3O2S. The van der Waals surface area contributed by atoms with Crippen LogP contribution in [0.1, 0.15) is 46.3 Å². The van der Waals surface area contributed by atoms with Crippen molar-refractivity contribution < 1.29 is 9.59 Å². The highest BCUT2D eigenvalue weighted by molar-refractivity contribution is 7.10. The molecule has 150 valence electrons. The van der Waals surface area contributed by atoms with Crippen molar-refractivity contribution in [2.24, 2.45) is 5.73 Å². The number of nitrogens with two attached hydrogens (primary N) is 1. The van der Waals surface area contributed by atoms with Gasteiger partial charge < -0.3 is 11.1 Å². The fourth-order valence-electron chi connectivity index (χ4n) is 3.04. The molecule has 1 heterocycles. The van der Waals surface area contributed by atoms with Gasteiger partial charge in [-0.25, -0.2) is 0 Å². The number of carbonyl (C=O) groups excluding carboxylic acids is 2. The Kier molecular flexibility index (Phi) is 6.80. The van der Waals surface area contributed by atoms with Gasteiger partial charge in [0.2, 0.25) is 11.8 Å². The van der Waals surface area contributed by atoms with Crippen LogP contribution in [0.2, 0.25) is 0 Å². The Bertz CT molecular complexity index is 951. The number of aryl methyl sites for hydroxylation is 1. The van der Waals surface area contributed by atoms with Crippen molar-refractivity contribution in [2.45, 2.75) is 32.4 Å². The third kappa shape index (κ3) is 5.31. The average molecular weight is 408 g/mol. The minimum absolute atomic E-state index is 0.0705. The maximum absolute atomic E-state index is 12.7. The summed E-state index contributed by atoms with van der Waals surface area (Å²) in [6.07, 6.45) is 0.991. The minimum Gasteiger partial charge on any atom is -0.366 e. The summed E-state index contributed by atoms with van der Waals surface area (Å²) >= 11 is 1.66. The van der Waals surface area contributed by atoms with Crippen LogP contribution in [0.3, 0.4) is 0 Å². The van der Waals surface area contributed by atoms with Gasteiger partial charge in [0.05, 0.1) is 12.1 Å². The molecule has 3 rings (SSSR count). The van der Waals surface area contributed by atoms with Crippen LogP contribution in [0.4, 0.5) is 5.69 Å². The van der Waals surface area contributed by atoms with Crippen molar-refractivity contribution >= 4 is 28.8 Å². The van der Waals surface area contributed by atoms with E-state index >= 15 is 0 Å². The van der Waals surface area contributed by atoms with E-state index in [4.69, 9.17) is 5.73 Å². The lowest BCUT2D eigenvalue weighted by atomic mass is 10.0. The largest absolute Gasteiger partial charge is 0.366 e. The second-order valence-corrected chi connectivity index (χ2v) is 7.84. The summed E-state index contributed by atoms with van der Waals surface area (Å²) in [6, 6.07) is 18.6. The fourth-order valence-corrected chi connectivity index (χ4v) is 3.85. The third-order valence-corrected chi connectivity index (χ3v) is 5.73. The SMILES string of the molecule is CCc1ccc([C@H](N[C@@H](C)C(=O)Nc2ccc(C(N)=O)cc2)c2cccs2)cc1. The molecule has 0 bridgehead atoms. The van der Waals surface area contributed by atoms with Crippen LogP contribution in [0.5, 0.6) is 0 Å². The van der Waals surface area contributed by atoms with Gasteiger partial charge in [-0.2, -0.15) is 0 Å².